The summed E-state index contributed by atoms with van der Waals surface area (Å²) in [5, 5.41) is 10.9. The Bertz CT molecular complexity index is 618. The molecule has 1 aromatic carbocycles. The van der Waals surface area contributed by atoms with Crippen LogP contribution in [0.1, 0.15) is 0 Å². The van der Waals surface area contributed by atoms with Gasteiger partial charge in [-0.1, -0.05) is 0 Å². The van der Waals surface area contributed by atoms with Gasteiger partial charge in [0.25, 0.3) is 0 Å². The van der Waals surface area contributed by atoms with E-state index >= 15 is 0 Å². The van der Waals surface area contributed by atoms with Crippen LogP contribution in [-0.4, -0.2) is 17.0 Å². The number of aromatic nitrogens is 1. The quantitative estimate of drug-likeness (QED) is 0.635. The molecule has 1 heterocycles. The lowest BCUT2D eigenvalue weighted by Crippen LogP contribution is -1.95. The molecule has 0 unspecified atom stereocenters. The minimum atomic E-state index is -0.514. The second-order valence-electron chi connectivity index (χ2n) is 3.53. The summed E-state index contributed by atoms with van der Waals surface area (Å²) in [6.07, 6.45) is 3.06. The smallest absolute Gasteiger partial charge is 0.311 e. The van der Waals surface area contributed by atoms with Crippen molar-refractivity contribution in [3.63, 3.8) is 0 Å². The Labute approximate surface area is 117 Å². The van der Waals surface area contributed by atoms with Crippen molar-refractivity contribution in [2.75, 3.05) is 7.11 Å². The van der Waals surface area contributed by atoms with Gasteiger partial charge < -0.3 is 9.47 Å². The summed E-state index contributed by atoms with van der Waals surface area (Å²) >= 11 is 3.25. The molecule has 0 bridgehead atoms. The lowest BCUT2D eigenvalue weighted by molar-refractivity contribution is -0.385. The molecule has 98 valence electrons. The van der Waals surface area contributed by atoms with Crippen LogP contribution in [0.25, 0.3) is 0 Å². The van der Waals surface area contributed by atoms with Gasteiger partial charge in [-0.2, -0.15) is 0 Å². The van der Waals surface area contributed by atoms with Gasteiger partial charge in [0.15, 0.2) is 0 Å². The second kappa shape index (κ2) is 5.66. The minimum Gasteiger partial charge on any atom is -0.497 e. The molecule has 19 heavy (non-hydrogen) atoms. The van der Waals surface area contributed by atoms with E-state index in [2.05, 4.69) is 20.9 Å². The monoisotopic (exact) mass is 324 g/mol. The SMILES string of the molecule is COc1ccc([N+](=O)[O-])c(Oc2cncc(Br)c2)c1. The number of benzene rings is 1. The molecule has 0 aliphatic carbocycles. The van der Waals surface area contributed by atoms with E-state index in [0.717, 1.165) is 4.47 Å². The summed E-state index contributed by atoms with van der Waals surface area (Å²) in [6.45, 7) is 0. The maximum atomic E-state index is 10.9. The number of hydrogen-bond donors (Lipinski definition) is 0. The normalized spacial score (nSPS) is 10.0. The standard InChI is InChI=1S/C12H9BrN2O4/c1-18-9-2-3-11(15(16)17)12(5-9)19-10-4-8(13)6-14-7-10/h2-7H,1H3. The molecular formula is C12H9BrN2O4. The Morgan fingerprint density at radius 1 is 1.26 bits per heavy atom. The van der Waals surface area contributed by atoms with E-state index in [1.165, 1.54) is 31.5 Å². The van der Waals surface area contributed by atoms with Gasteiger partial charge in [0.05, 0.1) is 18.2 Å². The summed E-state index contributed by atoms with van der Waals surface area (Å²) in [6, 6.07) is 5.96. The van der Waals surface area contributed by atoms with Crippen LogP contribution < -0.4 is 9.47 Å². The fraction of sp³-hybridized carbons (Fsp3) is 0.0833. The Kier molecular flexibility index (Phi) is 3.96. The third-order valence-electron chi connectivity index (χ3n) is 2.27. The van der Waals surface area contributed by atoms with Crippen molar-refractivity contribution in [1.82, 2.24) is 4.98 Å². The van der Waals surface area contributed by atoms with Crippen LogP contribution in [0.2, 0.25) is 0 Å². The van der Waals surface area contributed by atoms with Gasteiger partial charge in [-0.25, -0.2) is 0 Å². The van der Waals surface area contributed by atoms with E-state index in [1.807, 2.05) is 0 Å². The van der Waals surface area contributed by atoms with E-state index in [9.17, 15) is 10.1 Å². The molecule has 1 aromatic heterocycles. The molecule has 0 radical (unpaired) electrons. The Morgan fingerprint density at radius 3 is 2.68 bits per heavy atom. The number of methoxy groups -OCH3 is 1. The molecule has 0 spiro atoms. The lowest BCUT2D eigenvalue weighted by Gasteiger charge is -2.07. The highest BCUT2D eigenvalue weighted by Gasteiger charge is 2.17. The maximum absolute atomic E-state index is 10.9. The summed E-state index contributed by atoms with van der Waals surface area (Å²) < 4.78 is 11.2. The fourth-order valence-corrected chi connectivity index (χ4v) is 1.77. The molecule has 2 rings (SSSR count). The summed E-state index contributed by atoms with van der Waals surface area (Å²) in [7, 11) is 1.48. The van der Waals surface area contributed by atoms with Crippen LogP contribution in [0, 0.1) is 10.1 Å². The van der Waals surface area contributed by atoms with Gasteiger partial charge in [0.2, 0.25) is 5.75 Å². The Morgan fingerprint density at radius 2 is 2.05 bits per heavy atom. The number of nitro benzene ring substituents is 1. The highest BCUT2D eigenvalue weighted by atomic mass is 79.9. The molecular weight excluding hydrogens is 316 g/mol. The number of hydrogen-bond acceptors (Lipinski definition) is 5. The zero-order valence-corrected chi connectivity index (χ0v) is 11.5. The van der Waals surface area contributed by atoms with E-state index in [4.69, 9.17) is 9.47 Å². The first-order valence-electron chi connectivity index (χ1n) is 5.21. The highest BCUT2D eigenvalue weighted by Crippen LogP contribution is 2.34. The molecule has 0 aliphatic heterocycles. The van der Waals surface area contributed by atoms with Crippen LogP contribution in [0.3, 0.4) is 0 Å². The molecule has 0 aliphatic rings. The van der Waals surface area contributed by atoms with Crippen molar-refractivity contribution in [2.24, 2.45) is 0 Å². The van der Waals surface area contributed by atoms with Crippen LogP contribution in [0.4, 0.5) is 5.69 Å². The van der Waals surface area contributed by atoms with Gasteiger partial charge in [-0.05, 0) is 28.1 Å². The summed E-state index contributed by atoms with van der Waals surface area (Å²) in [4.78, 5) is 14.3. The van der Waals surface area contributed by atoms with Crippen molar-refractivity contribution in [3.8, 4) is 17.2 Å². The predicted octanol–water partition coefficient (Wildman–Crippen LogP) is 3.55. The molecule has 0 N–H and O–H groups in total. The van der Waals surface area contributed by atoms with Crippen molar-refractivity contribution >= 4 is 21.6 Å². The number of halogens is 1. The first-order valence-corrected chi connectivity index (χ1v) is 6.00. The summed E-state index contributed by atoms with van der Waals surface area (Å²) in [5.41, 5.74) is -0.138. The van der Waals surface area contributed by atoms with E-state index in [1.54, 1.807) is 12.3 Å². The highest BCUT2D eigenvalue weighted by molar-refractivity contribution is 9.10. The number of nitro groups is 1. The van der Waals surface area contributed by atoms with Gasteiger partial charge >= 0.3 is 5.69 Å². The number of nitrogens with zero attached hydrogens (tertiary/aromatic N) is 2. The van der Waals surface area contributed by atoms with Gasteiger partial charge in [-0.3, -0.25) is 15.1 Å². The molecule has 6 nitrogen and oxygen atoms in total. The van der Waals surface area contributed by atoms with E-state index in [0.29, 0.717) is 11.5 Å². The molecule has 0 saturated heterocycles. The fourth-order valence-electron chi connectivity index (χ4n) is 1.43. The minimum absolute atomic E-state index is 0.101. The first-order chi connectivity index (χ1) is 9.10. The van der Waals surface area contributed by atoms with Crippen LogP contribution in [0.15, 0.2) is 41.1 Å². The third kappa shape index (κ3) is 3.19. The van der Waals surface area contributed by atoms with Crippen LogP contribution >= 0.6 is 15.9 Å². The largest absolute Gasteiger partial charge is 0.497 e. The van der Waals surface area contributed by atoms with E-state index < -0.39 is 4.92 Å². The van der Waals surface area contributed by atoms with Crippen molar-refractivity contribution < 1.29 is 14.4 Å². The second-order valence-corrected chi connectivity index (χ2v) is 4.45. The van der Waals surface area contributed by atoms with Crippen LogP contribution in [-0.2, 0) is 0 Å². The Balaban J connectivity index is 2.39. The molecule has 0 fully saturated rings. The molecule has 0 saturated carbocycles. The zero-order chi connectivity index (χ0) is 13.8. The maximum Gasteiger partial charge on any atom is 0.311 e. The lowest BCUT2D eigenvalue weighted by atomic mass is 10.3. The average Bonchev–Trinajstić information content (AvgIpc) is 2.38. The topological polar surface area (TPSA) is 74.5 Å². The molecule has 2 aromatic rings. The number of pyridine rings is 1. The molecule has 7 heteroatoms. The Hall–Kier alpha value is -2.15. The van der Waals surface area contributed by atoms with Crippen molar-refractivity contribution in [2.45, 2.75) is 0 Å². The van der Waals surface area contributed by atoms with Crippen molar-refractivity contribution in [1.29, 1.82) is 0 Å². The number of ether oxygens (including phenoxy) is 2. The van der Waals surface area contributed by atoms with Crippen LogP contribution in [0.5, 0.6) is 17.2 Å². The van der Waals surface area contributed by atoms with Gasteiger partial charge in [0.1, 0.15) is 11.5 Å². The molecule has 0 amide bonds. The number of rotatable bonds is 4. The van der Waals surface area contributed by atoms with Gasteiger partial charge in [0, 0.05) is 22.8 Å². The average molecular weight is 325 g/mol. The summed E-state index contributed by atoms with van der Waals surface area (Å²) in [5.74, 6) is 0.971. The predicted molar refractivity (Wildman–Crippen MR) is 71.7 cm³/mol. The zero-order valence-electron chi connectivity index (χ0n) is 9.87. The van der Waals surface area contributed by atoms with Crippen molar-refractivity contribution in [3.05, 3.63) is 51.2 Å². The van der Waals surface area contributed by atoms with Gasteiger partial charge in [-0.15, -0.1) is 0 Å². The molecule has 0 atom stereocenters. The first kappa shape index (κ1) is 13.3. The van der Waals surface area contributed by atoms with E-state index in [-0.39, 0.29) is 11.4 Å². The third-order valence-corrected chi connectivity index (χ3v) is 2.70.